The largest absolute Gasteiger partial charge is 0.492 e. The lowest BCUT2D eigenvalue weighted by atomic mass is 10.1. The Morgan fingerprint density at radius 2 is 1.76 bits per heavy atom. The molecule has 2 aromatic carbocycles. The molecular formula is C18H21NO2. The van der Waals surface area contributed by atoms with Crippen LogP contribution in [-0.2, 0) is 11.2 Å². The molecule has 3 nitrogen and oxygen atoms in total. The van der Waals surface area contributed by atoms with Crippen molar-refractivity contribution in [1.29, 1.82) is 0 Å². The number of hydrogen-bond donors (Lipinski definition) is 1. The Hall–Kier alpha value is -2.29. The van der Waals surface area contributed by atoms with E-state index in [1.165, 1.54) is 11.1 Å². The molecule has 2 aromatic rings. The Morgan fingerprint density at radius 1 is 1.05 bits per heavy atom. The van der Waals surface area contributed by atoms with Gasteiger partial charge in [0.2, 0.25) is 5.91 Å². The summed E-state index contributed by atoms with van der Waals surface area (Å²) in [6, 6.07) is 17.9. The number of carbonyl (C=O) groups is 1. The summed E-state index contributed by atoms with van der Waals surface area (Å²) < 4.78 is 5.56. The topological polar surface area (TPSA) is 38.3 Å². The van der Waals surface area contributed by atoms with E-state index in [9.17, 15) is 4.79 Å². The highest BCUT2D eigenvalue weighted by atomic mass is 16.5. The summed E-state index contributed by atoms with van der Waals surface area (Å²) in [7, 11) is 0. The highest BCUT2D eigenvalue weighted by molar-refractivity contribution is 5.76. The maximum Gasteiger partial charge on any atom is 0.220 e. The Labute approximate surface area is 126 Å². The Balaban J connectivity index is 1.60. The van der Waals surface area contributed by atoms with Crippen LogP contribution in [0.2, 0.25) is 0 Å². The fourth-order valence-electron chi connectivity index (χ4n) is 1.98. The first kappa shape index (κ1) is 15.1. The fourth-order valence-corrected chi connectivity index (χ4v) is 1.98. The molecule has 0 heterocycles. The van der Waals surface area contributed by atoms with Crippen molar-refractivity contribution < 1.29 is 9.53 Å². The van der Waals surface area contributed by atoms with Gasteiger partial charge in [0.05, 0.1) is 6.54 Å². The van der Waals surface area contributed by atoms with Gasteiger partial charge < -0.3 is 10.1 Å². The predicted octanol–water partition coefficient (Wildman–Crippen LogP) is 3.12. The molecule has 0 aliphatic carbocycles. The summed E-state index contributed by atoms with van der Waals surface area (Å²) >= 11 is 0. The maximum absolute atomic E-state index is 11.7. The number of carbonyl (C=O) groups excluding carboxylic acids is 1. The number of benzene rings is 2. The number of aryl methyl sites for hydroxylation is 2. The Kier molecular flexibility index (Phi) is 5.83. The zero-order chi connectivity index (χ0) is 14.9. The van der Waals surface area contributed by atoms with E-state index in [2.05, 4.69) is 5.32 Å². The van der Waals surface area contributed by atoms with E-state index >= 15 is 0 Å². The van der Waals surface area contributed by atoms with Crippen LogP contribution in [0.15, 0.2) is 54.6 Å². The molecule has 0 aromatic heterocycles. The monoisotopic (exact) mass is 283 g/mol. The molecule has 1 amide bonds. The molecular weight excluding hydrogens is 262 g/mol. The first-order valence-electron chi connectivity index (χ1n) is 7.24. The average molecular weight is 283 g/mol. The summed E-state index contributed by atoms with van der Waals surface area (Å²) in [5, 5.41) is 2.87. The number of hydrogen-bond acceptors (Lipinski definition) is 2. The van der Waals surface area contributed by atoms with Crippen molar-refractivity contribution in [2.45, 2.75) is 19.8 Å². The molecule has 0 aliphatic rings. The summed E-state index contributed by atoms with van der Waals surface area (Å²) in [5.74, 6) is 0.894. The predicted molar refractivity (Wildman–Crippen MR) is 84.4 cm³/mol. The molecule has 110 valence electrons. The van der Waals surface area contributed by atoms with E-state index in [-0.39, 0.29) is 5.91 Å². The van der Waals surface area contributed by atoms with Gasteiger partial charge in [-0.05, 0) is 31.0 Å². The molecule has 0 atom stereocenters. The first-order chi connectivity index (χ1) is 10.2. The van der Waals surface area contributed by atoms with Crippen molar-refractivity contribution in [2.75, 3.05) is 13.2 Å². The Bertz CT molecular complexity index is 549. The van der Waals surface area contributed by atoms with Crippen molar-refractivity contribution in [3.05, 3.63) is 65.7 Å². The molecule has 0 unspecified atom stereocenters. The van der Waals surface area contributed by atoms with Crippen molar-refractivity contribution >= 4 is 5.91 Å². The molecule has 0 bridgehead atoms. The molecule has 3 heteroatoms. The van der Waals surface area contributed by atoms with E-state index in [4.69, 9.17) is 4.74 Å². The molecule has 0 fully saturated rings. The van der Waals surface area contributed by atoms with Crippen LogP contribution in [-0.4, -0.2) is 19.1 Å². The van der Waals surface area contributed by atoms with Gasteiger partial charge in [-0.2, -0.15) is 0 Å². The van der Waals surface area contributed by atoms with Crippen LogP contribution >= 0.6 is 0 Å². The summed E-state index contributed by atoms with van der Waals surface area (Å²) in [5.41, 5.74) is 2.39. The van der Waals surface area contributed by atoms with Crippen LogP contribution in [0.1, 0.15) is 17.5 Å². The lowest BCUT2D eigenvalue weighted by Gasteiger charge is -2.08. The third-order valence-corrected chi connectivity index (χ3v) is 3.20. The van der Waals surface area contributed by atoms with Crippen LogP contribution in [0.3, 0.4) is 0 Å². The van der Waals surface area contributed by atoms with Gasteiger partial charge in [-0.15, -0.1) is 0 Å². The van der Waals surface area contributed by atoms with E-state index in [0.717, 1.165) is 12.2 Å². The van der Waals surface area contributed by atoms with Crippen LogP contribution in [0, 0.1) is 6.92 Å². The molecule has 0 saturated heterocycles. The lowest BCUT2D eigenvalue weighted by Crippen LogP contribution is -2.28. The second-order valence-corrected chi connectivity index (χ2v) is 5.00. The van der Waals surface area contributed by atoms with Gasteiger partial charge in [0, 0.05) is 6.42 Å². The van der Waals surface area contributed by atoms with Gasteiger partial charge in [0.25, 0.3) is 0 Å². The second-order valence-electron chi connectivity index (χ2n) is 5.00. The molecule has 2 rings (SSSR count). The maximum atomic E-state index is 11.7. The SMILES string of the molecule is Cc1ccc(OCCNC(=O)CCc2ccccc2)cc1. The minimum Gasteiger partial charge on any atom is -0.492 e. The quantitative estimate of drug-likeness (QED) is 0.793. The molecule has 0 radical (unpaired) electrons. The van der Waals surface area contributed by atoms with Crippen LogP contribution in [0.5, 0.6) is 5.75 Å². The standard InChI is InChI=1S/C18H21NO2/c1-15-7-10-17(11-8-15)21-14-13-19-18(20)12-9-16-5-3-2-4-6-16/h2-8,10-11H,9,12-14H2,1H3,(H,19,20). The van der Waals surface area contributed by atoms with Crippen molar-refractivity contribution in [3.8, 4) is 5.75 Å². The third-order valence-electron chi connectivity index (χ3n) is 3.20. The first-order valence-corrected chi connectivity index (χ1v) is 7.24. The molecule has 0 spiro atoms. The van der Waals surface area contributed by atoms with Crippen molar-refractivity contribution in [3.63, 3.8) is 0 Å². The van der Waals surface area contributed by atoms with E-state index in [1.54, 1.807) is 0 Å². The fraction of sp³-hybridized carbons (Fsp3) is 0.278. The number of nitrogens with one attached hydrogen (secondary N) is 1. The van der Waals surface area contributed by atoms with E-state index in [1.807, 2.05) is 61.5 Å². The third kappa shape index (κ3) is 5.69. The van der Waals surface area contributed by atoms with Crippen LogP contribution < -0.4 is 10.1 Å². The number of rotatable bonds is 7. The van der Waals surface area contributed by atoms with Crippen LogP contribution in [0.4, 0.5) is 0 Å². The second kappa shape index (κ2) is 8.10. The van der Waals surface area contributed by atoms with E-state index in [0.29, 0.717) is 19.6 Å². The minimum atomic E-state index is 0.0614. The van der Waals surface area contributed by atoms with Gasteiger partial charge in [-0.25, -0.2) is 0 Å². The molecule has 0 aliphatic heterocycles. The normalized spacial score (nSPS) is 10.1. The zero-order valence-corrected chi connectivity index (χ0v) is 12.3. The smallest absolute Gasteiger partial charge is 0.220 e. The molecule has 21 heavy (non-hydrogen) atoms. The van der Waals surface area contributed by atoms with Crippen molar-refractivity contribution in [2.24, 2.45) is 0 Å². The summed E-state index contributed by atoms with van der Waals surface area (Å²) in [6.07, 6.45) is 1.28. The van der Waals surface area contributed by atoms with Gasteiger partial charge in [0.15, 0.2) is 0 Å². The van der Waals surface area contributed by atoms with Gasteiger partial charge >= 0.3 is 0 Å². The molecule has 0 saturated carbocycles. The minimum absolute atomic E-state index is 0.0614. The van der Waals surface area contributed by atoms with Crippen LogP contribution in [0.25, 0.3) is 0 Å². The highest BCUT2D eigenvalue weighted by Gasteiger charge is 2.01. The number of ether oxygens (including phenoxy) is 1. The van der Waals surface area contributed by atoms with Crippen molar-refractivity contribution in [1.82, 2.24) is 5.32 Å². The van der Waals surface area contributed by atoms with Gasteiger partial charge in [-0.3, -0.25) is 4.79 Å². The summed E-state index contributed by atoms with van der Waals surface area (Å²) in [6.45, 7) is 3.05. The van der Waals surface area contributed by atoms with Gasteiger partial charge in [-0.1, -0.05) is 48.0 Å². The average Bonchev–Trinajstić information content (AvgIpc) is 2.52. The lowest BCUT2D eigenvalue weighted by molar-refractivity contribution is -0.121. The van der Waals surface area contributed by atoms with Gasteiger partial charge in [0.1, 0.15) is 12.4 Å². The summed E-state index contributed by atoms with van der Waals surface area (Å²) in [4.78, 5) is 11.7. The highest BCUT2D eigenvalue weighted by Crippen LogP contribution is 2.10. The Morgan fingerprint density at radius 3 is 2.48 bits per heavy atom. The van der Waals surface area contributed by atoms with E-state index < -0.39 is 0 Å². The molecule has 1 N–H and O–H groups in total. The zero-order valence-electron chi connectivity index (χ0n) is 12.3. The number of amides is 1.